The molecule has 0 spiro atoms. The van der Waals surface area contributed by atoms with Crippen molar-refractivity contribution >= 4 is 28.8 Å². The zero-order valence-corrected chi connectivity index (χ0v) is 20.0. The number of fused-ring (bicyclic) bond motifs is 2. The highest BCUT2D eigenvalue weighted by molar-refractivity contribution is 6.00. The number of nitrogens with zero attached hydrogens (tertiary/aromatic N) is 7. The van der Waals surface area contributed by atoms with Gasteiger partial charge < -0.3 is 20.7 Å². The first kappa shape index (κ1) is 22.6. The van der Waals surface area contributed by atoms with E-state index in [-0.39, 0.29) is 11.9 Å². The second-order valence-electron chi connectivity index (χ2n) is 9.02. The third-order valence-electron chi connectivity index (χ3n) is 6.89. The van der Waals surface area contributed by atoms with Crippen LogP contribution in [0.5, 0.6) is 0 Å². The Kier molecular flexibility index (Phi) is 5.64. The van der Waals surface area contributed by atoms with Gasteiger partial charge in [0.1, 0.15) is 17.3 Å². The molecule has 188 valence electrons. The summed E-state index contributed by atoms with van der Waals surface area (Å²) in [7, 11) is 3.34. The predicted molar refractivity (Wildman–Crippen MR) is 131 cm³/mol. The molecule has 0 aromatic carbocycles. The molecule has 0 unspecified atom stereocenters. The number of piperidine rings is 1. The molecule has 0 saturated carbocycles. The number of hydrogen-bond donors (Lipinski definition) is 3. The molecule has 6 heterocycles. The molecule has 4 aromatic heterocycles. The fourth-order valence-corrected chi connectivity index (χ4v) is 4.80. The number of alkyl halides is 1. The number of amides is 1. The van der Waals surface area contributed by atoms with E-state index in [2.05, 4.69) is 36.0 Å². The van der Waals surface area contributed by atoms with Crippen LogP contribution in [0.15, 0.2) is 30.7 Å². The molecule has 36 heavy (non-hydrogen) atoms. The summed E-state index contributed by atoms with van der Waals surface area (Å²) in [6.07, 6.45) is 4.69. The lowest BCUT2D eigenvalue weighted by Crippen LogP contribution is -2.57. The maximum absolute atomic E-state index is 15.0. The summed E-state index contributed by atoms with van der Waals surface area (Å²) in [5.41, 5.74) is 2.99. The Hall–Kier alpha value is -3.84. The van der Waals surface area contributed by atoms with Crippen molar-refractivity contribution in [1.29, 1.82) is 0 Å². The number of nitrogens with one attached hydrogen (secondary N) is 3. The van der Waals surface area contributed by atoms with Crippen LogP contribution in [0.2, 0.25) is 0 Å². The predicted octanol–water partition coefficient (Wildman–Crippen LogP) is 1.06. The third-order valence-corrected chi connectivity index (χ3v) is 6.89. The summed E-state index contributed by atoms with van der Waals surface area (Å²) >= 11 is 0. The molecule has 6 rings (SSSR count). The van der Waals surface area contributed by atoms with Gasteiger partial charge in [0.25, 0.3) is 5.91 Å². The van der Waals surface area contributed by atoms with Gasteiger partial charge in [-0.15, -0.1) is 5.10 Å². The monoisotopic (exact) mass is 494 g/mol. The van der Waals surface area contributed by atoms with Crippen molar-refractivity contribution in [2.24, 2.45) is 0 Å². The lowest BCUT2D eigenvalue weighted by atomic mass is 10.0. The highest BCUT2D eigenvalue weighted by atomic mass is 19.1. The Bertz CT molecular complexity index is 1430. The van der Waals surface area contributed by atoms with Gasteiger partial charge in [0.2, 0.25) is 5.95 Å². The molecule has 2 aliphatic heterocycles. The van der Waals surface area contributed by atoms with E-state index in [0.29, 0.717) is 60.9 Å². The lowest BCUT2D eigenvalue weighted by Gasteiger charge is -2.42. The van der Waals surface area contributed by atoms with E-state index in [0.717, 1.165) is 17.6 Å². The van der Waals surface area contributed by atoms with Gasteiger partial charge in [0, 0.05) is 45.1 Å². The third kappa shape index (κ3) is 3.80. The smallest absolute Gasteiger partial charge is 0.256 e. The lowest BCUT2D eigenvalue weighted by molar-refractivity contribution is -0.0794. The Morgan fingerprint density at radius 1 is 1.17 bits per heavy atom. The maximum Gasteiger partial charge on any atom is 0.256 e. The van der Waals surface area contributed by atoms with Gasteiger partial charge in [0.05, 0.1) is 37.2 Å². The van der Waals surface area contributed by atoms with Gasteiger partial charge in [0.15, 0.2) is 11.5 Å². The highest BCUT2D eigenvalue weighted by Gasteiger charge is 2.35. The van der Waals surface area contributed by atoms with Gasteiger partial charge in [-0.05, 0) is 18.6 Å². The number of carbonyl (C=O) groups is 1. The van der Waals surface area contributed by atoms with E-state index in [1.807, 2.05) is 18.3 Å². The average molecular weight is 495 g/mol. The number of ether oxygens (including phenoxy) is 1. The van der Waals surface area contributed by atoms with Crippen LogP contribution in [0, 0.1) is 0 Å². The first-order chi connectivity index (χ1) is 17.6. The first-order valence-electron chi connectivity index (χ1n) is 11.9. The fourth-order valence-electron chi connectivity index (χ4n) is 4.80. The molecule has 12 nitrogen and oxygen atoms in total. The largest absolute Gasteiger partial charge is 0.378 e. The molecule has 2 fully saturated rings. The van der Waals surface area contributed by atoms with Gasteiger partial charge in [-0.2, -0.15) is 10.1 Å². The minimum Gasteiger partial charge on any atom is -0.378 e. The number of halogens is 1. The van der Waals surface area contributed by atoms with Crippen LogP contribution in [-0.2, 0) is 4.74 Å². The van der Waals surface area contributed by atoms with Crippen LogP contribution in [0.1, 0.15) is 16.8 Å². The van der Waals surface area contributed by atoms with E-state index < -0.39 is 6.17 Å². The SMILES string of the molecule is CNC(=O)c1cnn2ccc(-c3ccn4nc(N[C@H]5CCN(C6COC6)C[C@H]5F)nc(NC)c34)nc12. The van der Waals surface area contributed by atoms with Crippen molar-refractivity contribution in [3.63, 3.8) is 0 Å². The number of carbonyl (C=O) groups excluding carboxylic acids is 1. The molecule has 2 saturated heterocycles. The Balaban J connectivity index is 1.30. The Morgan fingerprint density at radius 3 is 2.72 bits per heavy atom. The Morgan fingerprint density at radius 2 is 2.00 bits per heavy atom. The fraction of sp³-hybridized carbons (Fsp3) is 0.435. The summed E-state index contributed by atoms with van der Waals surface area (Å²) in [5, 5.41) is 17.7. The van der Waals surface area contributed by atoms with E-state index in [1.54, 1.807) is 29.3 Å². The first-order valence-corrected chi connectivity index (χ1v) is 11.9. The average Bonchev–Trinajstić information content (AvgIpc) is 3.47. The minimum absolute atomic E-state index is 0.260. The van der Waals surface area contributed by atoms with E-state index in [4.69, 9.17) is 9.72 Å². The van der Waals surface area contributed by atoms with Gasteiger partial charge in [-0.3, -0.25) is 9.69 Å². The molecular weight excluding hydrogens is 467 g/mol. The number of rotatable bonds is 6. The molecule has 2 aliphatic rings. The number of anilines is 2. The highest BCUT2D eigenvalue weighted by Crippen LogP contribution is 2.30. The van der Waals surface area contributed by atoms with E-state index >= 15 is 0 Å². The topological polar surface area (TPSA) is 126 Å². The van der Waals surface area contributed by atoms with Gasteiger partial charge in [-0.1, -0.05) is 0 Å². The quantitative estimate of drug-likeness (QED) is 0.361. The number of aromatic nitrogens is 6. The zero-order chi connectivity index (χ0) is 24.8. The summed E-state index contributed by atoms with van der Waals surface area (Å²) in [4.78, 5) is 23.7. The summed E-state index contributed by atoms with van der Waals surface area (Å²) < 4.78 is 23.5. The molecule has 0 radical (unpaired) electrons. The molecule has 13 heteroatoms. The van der Waals surface area contributed by atoms with Crippen molar-refractivity contribution in [2.45, 2.75) is 24.7 Å². The molecule has 3 N–H and O–H groups in total. The second-order valence-corrected chi connectivity index (χ2v) is 9.02. The van der Waals surface area contributed by atoms with Gasteiger partial charge >= 0.3 is 0 Å². The summed E-state index contributed by atoms with van der Waals surface area (Å²) in [6.45, 7) is 2.55. The molecule has 0 bridgehead atoms. The Labute approximate surface area is 205 Å². The minimum atomic E-state index is -1.03. The standard InChI is InChI=1S/C23H27FN10O2/c1-25-20-19-14(17-5-8-34-21(28-17)15(9-27-34)22(35)26-2)3-7-33(19)31-23(30-20)29-18-4-6-32(10-16(18)24)13-11-36-12-13/h3,5,7-9,13,16,18H,4,6,10-12H2,1-2H3,(H,26,35)(H2,25,29,30,31)/t16-,18+/m1/s1. The number of likely N-dealkylation sites (tertiary alicyclic amines) is 1. The van der Waals surface area contributed by atoms with Crippen LogP contribution in [0.4, 0.5) is 16.2 Å². The molecular formula is C23H27FN10O2. The zero-order valence-electron chi connectivity index (χ0n) is 20.0. The van der Waals surface area contributed by atoms with Crippen molar-refractivity contribution < 1.29 is 13.9 Å². The molecule has 0 aliphatic carbocycles. The van der Waals surface area contributed by atoms with Crippen LogP contribution in [0.25, 0.3) is 22.4 Å². The van der Waals surface area contributed by atoms with Crippen molar-refractivity contribution in [3.8, 4) is 11.3 Å². The molecule has 1 amide bonds. The number of hydrogen-bond acceptors (Lipinski definition) is 9. The summed E-state index contributed by atoms with van der Waals surface area (Å²) in [5.74, 6) is 0.668. The van der Waals surface area contributed by atoms with Crippen LogP contribution in [0.3, 0.4) is 0 Å². The van der Waals surface area contributed by atoms with Crippen LogP contribution >= 0.6 is 0 Å². The van der Waals surface area contributed by atoms with Gasteiger partial charge in [-0.25, -0.2) is 18.4 Å². The maximum atomic E-state index is 15.0. The van der Waals surface area contributed by atoms with Crippen LogP contribution in [-0.4, -0.2) is 98.7 Å². The van der Waals surface area contributed by atoms with Crippen molar-refractivity contribution in [2.75, 3.05) is 51.0 Å². The normalized spacial score (nSPS) is 21.0. The van der Waals surface area contributed by atoms with E-state index in [1.165, 1.54) is 6.20 Å². The van der Waals surface area contributed by atoms with Crippen LogP contribution < -0.4 is 16.0 Å². The van der Waals surface area contributed by atoms with Crippen molar-refractivity contribution in [3.05, 3.63) is 36.3 Å². The molecule has 2 atom stereocenters. The summed E-state index contributed by atoms with van der Waals surface area (Å²) in [6, 6.07) is 3.67. The molecule has 4 aromatic rings. The van der Waals surface area contributed by atoms with E-state index in [9.17, 15) is 9.18 Å². The second kappa shape index (κ2) is 8.99. The van der Waals surface area contributed by atoms with Crippen molar-refractivity contribution in [1.82, 2.24) is 39.4 Å².